The summed E-state index contributed by atoms with van der Waals surface area (Å²) < 4.78 is 11.8. The Hall–Kier alpha value is -1.06. The van der Waals surface area contributed by atoms with Crippen molar-refractivity contribution in [1.29, 1.82) is 0 Å². The lowest BCUT2D eigenvalue weighted by Crippen LogP contribution is -2.47. The van der Waals surface area contributed by atoms with E-state index in [1.807, 2.05) is 0 Å². The van der Waals surface area contributed by atoms with E-state index in [-0.39, 0.29) is 24.0 Å². The lowest BCUT2D eigenvalue weighted by atomic mass is 9.99. The number of nitrogens with one attached hydrogen (secondary N) is 1. The first-order valence-electron chi connectivity index (χ1n) is 12.8. The number of hydrogen-bond donors (Lipinski definition) is 1. The zero-order valence-electron chi connectivity index (χ0n) is 20.5. The van der Waals surface area contributed by atoms with Crippen molar-refractivity contribution >= 4 is 35.6 Å². The summed E-state index contributed by atoms with van der Waals surface area (Å²) in [6, 6.07) is 9.02. The molecule has 0 radical (unpaired) electrons. The van der Waals surface area contributed by atoms with Crippen LogP contribution in [0.25, 0.3) is 0 Å². The van der Waals surface area contributed by atoms with E-state index in [0.29, 0.717) is 12.2 Å². The topological polar surface area (TPSA) is 49.3 Å². The molecule has 0 aromatic heterocycles. The van der Waals surface area contributed by atoms with Crippen molar-refractivity contribution in [1.82, 2.24) is 10.2 Å². The van der Waals surface area contributed by atoms with Crippen LogP contribution < -0.4 is 10.2 Å². The largest absolute Gasteiger partial charge is 0.376 e. The average Bonchev–Trinajstić information content (AvgIpc) is 3.36. The minimum atomic E-state index is 0. The Morgan fingerprint density at radius 2 is 1.79 bits per heavy atom. The third kappa shape index (κ3) is 7.99. The van der Waals surface area contributed by atoms with Gasteiger partial charge in [0.1, 0.15) is 0 Å². The first-order valence-corrected chi connectivity index (χ1v) is 12.8. The number of aliphatic imine (C=N–C) groups is 1. The molecule has 0 spiro atoms. The fourth-order valence-electron chi connectivity index (χ4n) is 4.92. The summed E-state index contributed by atoms with van der Waals surface area (Å²) in [6.45, 7) is 12.1. The number of benzene rings is 1. The molecule has 1 aromatic rings. The second kappa shape index (κ2) is 13.7. The summed E-state index contributed by atoms with van der Waals surface area (Å²) in [7, 11) is 0. The molecule has 7 heteroatoms. The molecule has 0 saturated carbocycles. The molecule has 1 N–H and O–H groups in total. The zero-order chi connectivity index (χ0) is 22.2. The molecule has 6 nitrogen and oxygen atoms in total. The van der Waals surface area contributed by atoms with Crippen LogP contribution in [0.2, 0.25) is 0 Å². The summed E-state index contributed by atoms with van der Waals surface area (Å²) in [4.78, 5) is 9.85. The quantitative estimate of drug-likeness (QED) is 0.294. The summed E-state index contributed by atoms with van der Waals surface area (Å²) >= 11 is 0. The highest BCUT2D eigenvalue weighted by Crippen LogP contribution is 2.23. The van der Waals surface area contributed by atoms with Crippen LogP contribution in [0.15, 0.2) is 29.3 Å². The number of hydrogen-bond acceptors (Lipinski definition) is 4. The van der Waals surface area contributed by atoms with Crippen LogP contribution in [0.1, 0.15) is 57.9 Å². The molecule has 0 amide bonds. The second-order valence-electron chi connectivity index (χ2n) is 9.66. The molecule has 3 heterocycles. The van der Waals surface area contributed by atoms with Crippen LogP contribution in [-0.4, -0.2) is 69.0 Å². The Morgan fingerprint density at radius 3 is 2.42 bits per heavy atom. The van der Waals surface area contributed by atoms with E-state index >= 15 is 0 Å². The summed E-state index contributed by atoms with van der Waals surface area (Å²) in [6.07, 6.45) is 7.70. The third-order valence-corrected chi connectivity index (χ3v) is 7.11. The number of nitrogens with zero attached hydrogens (tertiary/aromatic N) is 3. The average molecular weight is 571 g/mol. The van der Waals surface area contributed by atoms with Gasteiger partial charge in [-0.1, -0.05) is 19.1 Å². The Morgan fingerprint density at radius 1 is 1.06 bits per heavy atom. The van der Waals surface area contributed by atoms with Crippen LogP contribution >= 0.6 is 24.0 Å². The van der Waals surface area contributed by atoms with Crippen molar-refractivity contribution in [2.75, 3.05) is 50.8 Å². The molecule has 3 aliphatic heterocycles. The number of halogens is 1. The summed E-state index contributed by atoms with van der Waals surface area (Å²) in [5.41, 5.74) is 2.62. The van der Waals surface area contributed by atoms with E-state index in [2.05, 4.69) is 53.2 Å². The maximum atomic E-state index is 6.14. The molecular formula is C26H43IN4O2. The highest BCUT2D eigenvalue weighted by Gasteiger charge is 2.24. The highest BCUT2D eigenvalue weighted by atomic mass is 127. The molecule has 1 unspecified atom stereocenters. The van der Waals surface area contributed by atoms with Crippen molar-refractivity contribution in [3.63, 3.8) is 0 Å². The molecule has 3 fully saturated rings. The number of likely N-dealkylation sites (tertiary alicyclic amines) is 1. The molecule has 0 bridgehead atoms. The Kier molecular flexibility index (Phi) is 11.0. The van der Waals surface area contributed by atoms with Crippen molar-refractivity contribution in [3.05, 3.63) is 29.8 Å². The molecule has 3 saturated heterocycles. The normalized spacial score (nSPS) is 23.0. The maximum Gasteiger partial charge on any atom is 0.194 e. The molecule has 4 rings (SSSR count). The van der Waals surface area contributed by atoms with Gasteiger partial charge in [0.15, 0.2) is 5.96 Å². The molecular weight excluding hydrogens is 527 g/mol. The van der Waals surface area contributed by atoms with Gasteiger partial charge in [0.2, 0.25) is 0 Å². The van der Waals surface area contributed by atoms with Crippen molar-refractivity contribution in [3.8, 4) is 0 Å². The molecule has 33 heavy (non-hydrogen) atoms. The van der Waals surface area contributed by atoms with E-state index in [4.69, 9.17) is 14.5 Å². The van der Waals surface area contributed by atoms with Crippen LogP contribution in [0.4, 0.5) is 5.69 Å². The summed E-state index contributed by atoms with van der Waals surface area (Å²) in [5, 5.41) is 3.49. The van der Waals surface area contributed by atoms with Crippen molar-refractivity contribution < 1.29 is 9.47 Å². The Bertz CT molecular complexity index is 708. The Labute approximate surface area is 217 Å². The zero-order valence-corrected chi connectivity index (χ0v) is 22.8. The SMILES string of the molecule is CCNC(=NCc1ccc(N2CCC(C)CC2)cc1)N1CCC(OCC2CCCO2)CC1.I. The third-order valence-electron chi connectivity index (χ3n) is 7.11. The van der Waals surface area contributed by atoms with Gasteiger partial charge in [-0.05, 0) is 69.1 Å². The smallest absolute Gasteiger partial charge is 0.194 e. The van der Waals surface area contributed by atoms with Crippen LogP contribution in [0.3, 0.4) is 0 Å². The van der Waals surface area contributed by atoms with Gasteiger partial charge in [-0.25, -0.2) is 4.99 Å². The standard InChI is InChI=1S/C26H42N4O2.HI/c1-3-27-26(30-16-12-24(13-17-30)32-20-25-5-4-18-31-25)28-19-22-6-8-23(9-7-22)29-14-10-21(2)11-15-29;/h6-9,21,24-25H,3-5,10-20H2,1-2H3,(H,27,28);1H. The maximum absolute atomic E-state index is 6.14. The molecule has 1 atom stereocenters. The van der Waals surface area contributed by atoms with Gasteiger partial charge in [0.05, 0.1) is 25.4 Å². The minimum absolute atomic E-state index is 0. The van der Waals surface area contributed by atoms with E-state index in [0.717, 1.165) is 70.5 Å². The second-order valence-corrected chi connectivity index (χ2v) is 9.66. The van der Waals surface area contributed by atoms with E-state index in [1.54, 1.807) is 0 Å². The first kappa shape index (κ1) is 26.5. The monoisotopic (exact) mass is 570 g/mol. The van der Waals surface area contributed by atoms with Gasteiger partial charge < -0.3 is 24.6 Å². The van der Waals surface area contributed by atoms with Gasteiger partial charge in [-0.2, -0.15) is 0 Å². The van der Waals surface area contributed by atoms with Crippen LogP contribution in [0, 0.1) is 5.92 Å². The van der Waals surface area contributed by atoms with Crippen LogP contribution in [0.5, 0.6) is 0 Å². The lowest BCUT2D eigenvalue weighted by molar-refractivity contribution is -0.0367. The fraction of sp³-hybridized carbons (Fsp3) is 0.731. The number of ether oxygens (including phenoxy) is 2. The molecule has 1 aromatic carbocycles. The van der Waals surface area contributed by atoms with Gasteiger partial charge in [0, 0.05) is 45.0 Å². The first-order chi connectivity index (χ1) is 15.7. The molecule has 3 aliphatic rings. The number of rotatable bonds is 7. The molecule has 0 aliphatic carbocycles. The number of guanidine groups is 1. The van der Waals surface area contributed by atoms with Crippen molar-refractivity contribution in [2.24, 2.45) is 10.9 Å². The van der Waals surface area contributed by atoms with Crippen molar-refractivity contribution in [2.45, 2.75) is 71.1 Å². The van der Waals surface area contributed by atoms with E-state index < -0.39 is 0 Å². The molecule has 186 valence electrons. The minimum Gasteiger partial charge on any atom is -0.376 e. The van der Waals surface area contributed by atoms with Gasteiger partial charge in [-0.15, -0.1) is 24.0 Å². The van der Waals surface area contributed by atoms with Crippen LogP contribution in [-0.2, 0) is 16.0 Å². The summed E-state index contributed by atoms with van der Waals surface area (Å²) in [5.74, 6) is 1.89. The van der Waals surface area contributed by atoms with Gasteiger partial charge in [0.25, 0.3) is 0 Å². The van der Waals surface area contributed by atoms with Gasteiger partial charge >= 0.3 is 0 Å². The predicted molar refractivity (Wildman–Crippen MR) is 147 cm³/mol. The van der Waals surface area contributed by atoms with E-state index in [1.165, 1.54) is 43.6 Å². The lowest BCUT2D eigenvalue weighted by Gasteiger charge is -2.34. The fourth-order valence-corrected chi connectivity index (χ4v) is 4.92. The number of piperidine rings is 2. The van der Waals surface area contributed by atoms with Gasteiger partial charge in [-0.3, -0.25) is 0 Å². The Balaban J connectivity index is 0.00000306. The highest BCUT2D eigenvalue weighted by molar-refractivity contribution is 14.0. The van der Waals surface area contributed by atoms with E-state index in [9.17, 15) is 0 Å². The number of anilines is 1. The predicted octanol–water partition coefficient (Wildman–Crippen LogP) is 4.67.